The zero-order valence-corrected chi connectivity index (χ0v) is 38.3. The molecule has 4 N–H and O–H groups in total. The van der Waals surface area contributed by atoms with E-state index >= 15 is 0 Å². The SMILES string of the molecule is CCC[C@H](NC(=O)[C@@H]1[C@H]2CCC[C@@H]2CN1C(=O)[C@@H](NC(=O)[C@@H](NC(=O)c1cnccn1)C1CCCCC1)C(C)(C)C)C(=O)C(=O)NC1CC1.S.S.S.S.S.S. The Bertz CT molecular complexity index is 1410. The lowest BCUT2D eigenvalue weighted by Crippen LogP contribution is -2.62. The maximum Gasteiger partial charge on any atom is 0.289 e. The number of ketones is 1. The van der Waals surface area contributed by atoms with Gasteiger partial charge in [-0.2, -0.15) is 81.0 Å². The molecule has 13 nitrogen and oxygen atoms in total. The van der Waals surface area contributed by atoms with Gasteiger partial charge < -0.3 is 26.2 Å². The van der Waals surface area contributed by atoms with Crippen LogP contribution in [0.3, 0.4) is 0 Å². The third-order valence-electron chi connectivity index (χ3n) is 10.7. The molecular weight excluding hydrogens is 819 g/mol. The van der Waals surface area contributed by atoms with Crippen LogP contribution in [0.4, 0.5) is 0 Å². The van der Waals surface area contributed by atoms with Crippen LogP contribution in [-0.2, 0) is 24.0 Å². The van der Waals surface area contributed by atoms with Crippen molar-refractivity contribution < 1.29 is 28.8 Å². The average Bonchev–Trinajstić information content (AvgIpc) is 3.65. The molecule has 1 saturated heterocycles. The molecule has 1 aromatic rings. The normalized spacial score (nSPS) is 21.6. The fourth-order valence-corrected chi connectivity index (χ4v) is 7.87. The number of Topliss-reactive ketones (excluding diaryl/α,β-unsaturated/α-hetero) is 1. The van der Waals surface area contributed by atoms with Crippen LogP contribution in [0.15, 0.2) is 18.6 Å². The van der Waals surface area contributed by atoms with Crippen LogP contribution in [0.2, 0.25) is 0 Å². The summed E-state index contributed by atoms with van der Waals surface area (Å²) in [5.74, 6) is -3.20. The van der Waals surface area contributed by atoms with Gasteiger partial charge >= 0.3 is 0 Å². The number of nitrogens with one attached hydrogen (secondary N) is 4. The van der Waals surface area contributed by atoms with E-state index in [4.69, 9.17) is 0 Å². The van der Waals surface area contributed by atoms with Crippen LogP contribution < -0.4 is 21.3 Å². The number of rotatable bonds is 13. The predicted molar refractivity (Wildman–Crippen MR) is 243 cm³/mol. The zero-order chi connectivity index (χ0) is 35.3. The first-order valence-corrected chi connectivity index (χ1v) is 18.2. The molecule has 5 amide bonds. The highest BCUT2D eigenvalue weighted by atomic mass is 32.1. The third kappa shape index (κ3) is 14.2. The Hall–Kier alpha value is -1.80. The zero-order valence-electron chi connectivity index (χ0n) is 32.3. The third-order valence-corrected chi connectivity index (χ3v) is 10.7. The number of fused-ring (bicyclic) bond motifs is 1. The van der Waals surface area contributed by atoms with E-state index in [1.54, 1.807) is 4.90 Å². The lowest BCUT2D eigenvalue weighted by molar-refractivity contribution is -0.146. The van der Waals surface area contributed by atoms with Gasteiger partial charge in [0.15, 0.2) is 0 Å². The monoisotopic (exact) mass is 883 g/mol. The summed E-state index contributed by atoms with van der Waals surface area (Å²) in [6.07, 6.45) is 13.9. The summed E-state index contributed by atoms with van der Waals surface area (Å²) in [5, 5.41) is 11.5. The lowest BCUT2D eigenvalue weighted by atomic mass is 9.82. The van der Waals surface area contributed by atoms with E-state index in [9.17, 15) is 28.8 Å². The molecule has 0 spiro atoms. The molecule has 0 unspecified atom stereocenters. The Balaban J connectivity index is 0. The molecule has 316 valence electrons. The molecule has 2 heterocycles. The second-order valence-corrected chi connectivity index (χ2v) is 15.5. The number of hydrogen-bond acceptors (Lipinski definition) is 8. The minimum Gasteiger partial charge on any atom is -0.347 e. The van der Waals surface area contributed by atoms with Gasteiger partial charge in [0.25, 0.3) is 11.8 Å². The van der Waals surface area contributed by atoms with Crippen molar-refractivity contribution >= 4 is 116 Å². The predicted octanol–water partition coefficient (Wildman–Crippen LogP) is 3.12. The summed E-state index contributed by atoms with van der Waals surface area (Å²) in [5.41, 5.74) is -0.638. The van der Waals surface area contributed by atoms with Gasteiger partial charge in [-0.1, -0.05) is 59.8 Å². The van der Waals surface area contributed by atoms with Crippen molar-refractivity contribution in [2.24, 2.45) is 23.2 Å². The van der Waals surface area contributed by atoms with Crippen molar-refractivity contribution in [2.75, 3.05) is 6.54 Å². The van der Waals surface area contributed by atoms with Gasteiger partial charge in [-0.3, -0.25) is 33.8 Å². The van der Waals surface area contributed by atoms with Crippen molar-refractivity contribution in [2.45, 2.75) is 135 Å². The summed E-state index contributed by atoms with van der Waals surface area (Å²) >= 11 is 0. The first-order chi connectivity index (χ1) is 23.4. The highest BCUT2D eigenvalue weighted by molar-refractivity contribution is 7.60. The van der Waals surface area contributed by atoms with Gasteiger partial charge in [-0.05, 0) is 68.1 Å². The maximum absolute atomic E-state index is 14.6. The lowest BCUT2D eigenvalue weighted by Gasteiger charge is -2.38. The van der Waals surface area contributed by atoms with Crippen molar-refractivity contribution in [3.05, 3.63) is 24.3 Å². The smallest absolute Gasteiger partial charge is 0.289 e. The van der Waals surface area contributed by atoms with E-state index in [1.807, 2.05) is 27.7 Å². The molecule has 1 aromatic heterocycles. The average molecular weight is 884 g/mol. The van der Waals surface area contributed by atoms with Gasteiger partial charge in [0.2, 0.25) is 23.5 Å². The molecule has 4 fully saturated rings. The van der Waals surface area contributed by atoms with Crippen LogP contribution >= 0.6 is 81.0 Å². The summed E-state index contributed by atoms with van der Waals surface area (Å²) in [6.45, 7) is 7.85. The van der Waals surface area contributed by atoms with Crippen molar-refractivity contribution in [1.82, 2.24) is 36.1 Å². The van der Waals surface area contributed by atoms with Crippen LogP contribution in [0, 0.1) is 23.2 Å². The summed E-state index contributed by atoms with van der Waals surface area (Å²) in [6, 6.07) is -3.68. The van der Waals surface area contributed by atoms with Crippen molar-refractivity contribution in [3.63, 3.8) is 0 Å². The minimum atomic E-state index is -0.994. The fourth-order valence-electron chi connectivity index (χ4n) is 7.87. The molecule has 6 atom stereocenters. The van der Waals surface area contributed by atoms with Gasteiger partial charge in [0.1, 0.15) is 23.8 Å². The fraction of sp³-hybridized carbons (Fsp3) is 0.722. The first kappa shape index (κ1) is 55.3. The summed E-state index contributed by atoms with van der Waals surface area (Å²) in [7, 11) is 0. The van der Waals surface area contributed by atoms with Crippen LogP contribution in [0.25, 0.3) is 0 Å². The molecule has 4 aliphatic rings. The summed E-state index contributed by atoms with van der Waals surface area (Å²) < 4.78 is 0. The Kier molecular flexibility index (Phi) is 25.0. The number of amides is 5. The number of aromatic nitrogens is 2. The number of carbonyl (C=O) groups is 6. The molecule has 3 aliphatic carbocycles. The van der Waals surface area contributed by atoms with E-state index < -0.39 is 59.0 Å². The van der Waals surface area contributed by atoms with Crippen molar-refractivity contribution in [3.8, 4) is 0 Å². The Morgan fingerprint density at radius 2 is 1.47 bits per heavy atom. The van der Waals surface area contributed by atoms with Crippen LogP contribution in [0.1, 0.15) is 115 Å². The van der Waals surface area contributed by atoms with Gasteiger partial charge in [0, 0.05) is 25.0 Å². The molecule has 0 radical (unpaired) electrons. The first-order valence-electron chi connectivity index (χ1n) is 18.2. The van der Waals surface area contributed by atoms with Gasteiger partial charge in [-0.15, -0.1) is 0 Å². The maximum atomic E-state index is 14.6. The van der Waals surface area contributed by atoms with Gasteiger partial charge in [-0.25, -0.2) is 4.98 Å². The molecule has 0 aromatic carbocycles. The van der Waals surface area contributed by atoms with Gasteiger partial charge in [0.05, 0.1) is 12.2 Å². The van der Waals surface area contributed by atoms with E-state index in [-0.39, 0.29) is 116 Å². The molecule has 0 bridgehead atoms. The van der Waals surface area contributed by atoms with E-state index in [0.717, 1.165) is 64.2 Å². The highest BCUT2D eigenvalue weighted by Crippen LogP contribution is 2.43. The second-order valence-electron chi connectivity index (χ2n) is 15.5. The number of hydrogen-bond donors (Lipinski definition) is 4. The Morgan fingerprint density at radius 3 is 2.04 bits per heavy atom. The molecule has 55 heavy (non-hydrogen) atoms. The van der Waals surface area contributed by atoms with Crippen molar-refractivity contribution in [1.29, 1.82) is 0 Å². The number of likely N-dealkylation sites (tertiary alicyclic amines) is 1. The molecular formula is C36H65N7O6S6. The molecule has 1 aliphatic heterocycles. The Labute approximate surface area is 368 Å². The standard InChI is InChI=1S/C36H53N7O6.6H2S/c1-5-10-25(29(44)34(48)39-23-15-16-23)40-33(47)28-24-14-9-13-22(24)20-43(28)35(49)30(36(2,3)4)42-32(46)27(21-11-7-6-8-12-21)41-31(45)26-19-37-17-18-38-26;;;;;;/h17-19,21-25,27-28,30H,5-16,20H2,1-4H3,(H,39,48)(H,40,47)(H,41,45)(H,42,46);6*1H2/t22-,24+,25+,27+,28+,30-;;;;;;/m1....../s1. The minimum absolute atomic E-state index is 0. The molecule has 5 rings (SSSR count). The quantitative estimate of drug-likeness (QED) is 0.219. The van der Waals surface area contributed by atoms with E-state index in [1.165, 1.54) is 18.6 Å². The highest BCUT2D eigenvalue weighted by Gasteiger charge is 2.52. The number of carbonyl (C=O) groups excluding carboxylic acids is 6. The topological polar surface area (TPSA) is 180 Å². The van der Waals surface area contributed by atoms with E-state index in [2.05, 4.69) is 31.2 Å². The molecule has 19 heteroatoms. The largest absolute Gasteiger partial charge is 0.347 e. The van der Waals surface area contributed by atoms with Crippen LogP contribution in [-0.4, -0.2) is 86.9 Å². The second kappa shape index (κ2) is 24.9. The van der Waals surface area contributed by atoms with E-state index in [0.29, 0.717) is 19.4 Å². The van der Waals surface area contributed by atoms with Crippen LogP contribution in [0.5, 0.6) is 0 Å². The Morgan fingerprint density at radius 1 is 0.818 bits per heavy atom. The number of nitrogens with zero attached hydrogens (tertiary/aromatic N) is 3. The molecule has 3 saturated carbocycles. The summed E-state index contributed by atoms with van der Waals surface area (Å²) in [4.78, 5) is 91.4.